The minimum absolute atomic E-state index is 0.115. The Morgan fingerprint density at radius 2 is 1.93 bits per heavy atom. The monoisotopic (exact) mass is 396 g/mol. The zero-order valence-electron chi connectivity index (χ0n) is 15.3. The summed E-state index contributed by atoms with van der Waals surface area (Å²) in [4.78, 5) is 25.7. The van der Waals surface area contributed by atoms with Crippen molar-refractivity contribution in [3.05, 3.63) is 29.3 Å². The van der Waals surface area contributed by atoms with Crippen molar-refractivity contribution in [1.82, 2.24) is 9.21 Å². The number of aryl methyl sites for hydroxylation is 1. The third kappa shape index (κ3) is 3.85. The van der Waals surface area contributed by atoms with E-state index in [4.69, 9.17) is 4.74 Å². The summed E-state index contributed by atoms with van der Waals surface area (Å²) in [6.07, 6.45) is 1.54. The first-order valence-electron chi connectivity index (χ1n) is 9.11. The molecule has 1 aromatic rings. The molecule has 0 unspecified atom stereocenters. The number of nitrogens with zero attached hydrogens (tertiary/aromatic N) is 2. The Kier molecular flexibility index (Phi) is 5.83. The maximum Gasteiger partial charge on any atom is 0.326 e. The number of likely N-dealkylation sites (tertiary alicyclic amines) is 1. The molecule has 2 fully saturated rings. The van der Waals surface area contributed by atoms with Crippen molar-refractivity contribution in [3.8, 4) is 0 Å². The van der Waals surface area contributed by atoms with Crippen molar-refractivity contribution in [2.24, 2.45) is 0 Å². The summed E-state index contributed by atoms with van der Waals surface area (Å²) in [5.74, 6) is -1.48. The third-order valence-corrected chi connectivity index (χ3v) is 7.06. The number of carbonyl (C=O) groups is 2. The number of sulfonamides is 1. The molecule has 0 aliphatic carbocycles. The predicted octanol–water partition coefficient (Wildman–Crippen LogP) is 0.959. The number of morpholine rings is 1. The molecule has 2 heterocycles. The van der Waals surface area contributed by atoms with Crippen LogP contribution in [-0.2, 0) is 26.0 Å². The number of ether oxygens (including phenoxy) is 1. The first-order valence-corrected chi connectivity index (χ1v) is 10.5. The second-order valence-electron chi connectivity index (χ2n) is 6.69. The number of carboxylic acid groups (broad SMARTS) is 1. The molecule has 0 aromatic heterocycles. The topological polar surface area (TPSA) is 104 Å². The predicted molar refractivity (Wildman–Crippen MR) is 97.1 cm³/mol. The van der Waals surface area contributed by atoms with Crippen LogP contribution >= 0.6 is 0 Å². The van der Waals surface area contributed by atoms with Crippen LogP contribution in [0.3, 0.4) is 0 Å². The van der Waals surface area contributed by atoms with Crippen LogP contribution in [-0.4, -0.2) is 73.5 Å². The van der Waals surface area contributed by atoms with Crippen molar-refractivity contribution in [1.29, 1.82) is 0 Å². The number of hydrogen-bond donors (Lipinski definition) is 1. The van der Waals surface area contributed by atoms with E-state index in [0.29, 0.717) is 44.6 Å². The van der Waals surface area contributed by atoms with Crippen LogP contribution in [0, 0.1) is 0 Å². The van der Waals surface area contributed by atoms with Gasteiger partial charge in [-0.1, -0.05) is 13.0 Å². The average molecular weight is 396 g/mol. The molecule has 2 aliphatic heterocycles. The fourth-order valence-corrected chi connectivity index (χ4v) is 5.31. The normalized spacial score (nSPS) is 21.4. The summed E-state index contributed by atoms with van der Waals surface area (Å²) in [6.45, 7) is 3.45. The van der Waals surface area contributed by atoms with E-state index in [2.05, 4.69) is 0 Å². The minimum Gasteiger partial charge on any atom is -0.480 e. The summed E-state index contributed by atoms with van der Waals surface area (Å²) in [5.41, 5.74) is 0.835. The van der Waals surface area contributed by atoms with Gasteiger partial charge in [0, 0.05) is 25.2 Å². The number of amides is 1. The standard InChI is InChI=1S/C18H24N2O6S/c1-2-13-5-6-14(17(21)20-7-3-4-15(20)18(22)23)12-16(13)27(24,25)19-8-10-26-11-9-19/h5-6,12,15H,2-4,7-11H2,1H3,(H,22,23)/t15-/m1/s1. The minimum atomic E-state index is -3.75. The lowest BCUT2D eigenvalue weighted by atomic mass is 10.1. The Bertz CT molecular complexity index is 832. The fourth-order valence-electron chi connectivity index (χ4n) is 3.58. The molecule has 0 radical (unpaired) electrons. The van der Waals surface area contributed by atoms with Gasteiger partial charge in [-0.25, -0.2) is 13.2 Å². The van der Waals surface area contributed by atoms with Crippen molar-refractivity contribution >= 4 is 21.9 Å². The number of carboxylic acids is 1. The lowest BCUT2D eigenvalue weighted by Crippen LogP contribution is -2.41. The van der Waals surface area contributed by atoms with E-state index < -0.39 is 27.9 Å². The smallest absolute Gasteiger partial charge is 0.326 e. The van der Waals surface area contributed by atoms with Gasteiger partial charge >= 0.3 is 5.97 Å². The lowest BCUT2D eigenvalue weighted by molar-refractivity contribution is -0.141. The molecule has 148 valence electrons. The molecule has 2 saturated heterocycles. The molecule has 0 bridgehead atoms. The molecule has 27 heavy (non-hydrogen) atoms. The molecule has 0 spiro atoms. The van der Waals surface area contributed by atoms with Gasteiger partial charge in [-0.2, -0.15) is 4.31 Å². The number of hydrogen-bond acceptors (Lipinski definition) is 5. The second-order valence-corrected chi connectivity index (χ2v) is 8.59. The molecule has 3 rings (SSSR count). The SMILES string of the molecule is CCc1ccc(C(=O)N2CCC[C@@H]2C(=O)O)cc1S(=O)(=O)N1CCOCC1. The first-order chi connectivity index (χ1) is 12.9. The van der Waals surface area contributed by atoms with Crippen LogP contribution < -0.4 is 0 Å². The number of aliphatic carboxylic acids is 1. The Balaban J connectivity index is 1.96. The van der Waals surface area contributed by atoms with Crippen LogP contribution in [0.1, 0.15) is 35.7 Å². The van der Waals surface area contributed by atoms with Crippen molar-refractivity contribution in [3.63, 3.8) is 0 Å². The van der Waals surface area contributed by atoms with Crippen molar-refractivity contribution in [2.75, 3.05) is 32.8 Å². The summed E-state index contributed by atoms with van der Waals surface area (Å²) >= 11 is 0. The van der Waals surface area contributed by atoms with Gasteiger partial charge in [0.2, 0.25) is 10.0 Å². The highest BCUT2D eigenvalue weighted by atomic mass is 32.2. The van der Waals surface area contributed by atoms with E-state index in [1.807, 2.05) is 6.92 Å². The Labute approximate surface area is 158 Å². The number of carbonyl (C=O) groups excluding carboxylic acids is 1. The van der Waals surface area contributed by atoms with Gasteiger partial charge < -0.3 is 14.7 Å². The van der Waals surface area contributed by atoms with Gasteiger partial charge in [0.05, 0.1) is 18.1 Å². The molecular formula is C18H24N2O6S. The molecule has 1 aromatic carbocycles. The molecule has 8 nitrogen and oxygen atoms in total. The van der Waals surface area contributed by atoms with E-state index in [1.165, 1.54) is 15.3 Å². The molecule has 1 N–H and O–H groups in total. The summed E-state index contributed by atoms with van der Waals surface area (Å²) in [6, 6.07) is 3.76. The van der Waals surface area contributed by atoms with Crippen LogP contribution in [0.25, 0.3) is 0 Å². The van der Waals surface area contributed by atoms with Gasteiger partial charge in [-0.05, 0) is 37.0 Å². The molecular weight excluding hydrogens is 372 g/mol. The van der Waals surface area contributed by atoms with Crippen molar-refractivity contribution < 1.29 is 27.9 Å². The van der Waals surface area contributed by atoms with Crippen molar-refractivity contribution in [2.45, 2.75) is 37.1 Å². The number of rotatable bonds is 5. The molecule has 2 aliphatic rings. The van der Waals surface area contributed by atoms with Gasteiger partial charge in [-0.3, -0.25) is 4.79 Å². The van der Waals surface area contributed by atoms with Gasteiger partial charge in [0.1, 0.15) is 6.04 Å². The highest BCUT2D eigenvalue weighted by Gasteiger charge is 2.35. The second kappa shape index (κ2) is 7.95. The van der Waals surface area contributed by atoms with Gasteiger partial charge in [0.15, 0.2) is 0 Å². The Morgan fingerprint density at radius 3 is 2.56 bits per heavy atom. The summed E-state index contributed by atoms with van der Waals surface area (Å²) < 4.78 is 32.8. The largest absolute Gasteiger partial charge is 0.480 e. The van der Waals surface area contributed by atoms with E-state index >= 15 is 0 Å². The molecule has 9 heteroatoms. The highest BCUT2D eigenvalue weighted by molar-refractivity contribution is 7.89. The van der Waals surface area contributed by atoms with E-state index in [0.717, 1.165) is 0 Å². The quantitative estimate of drug-likeness (QED) is 0.795. The molecule has 1 amide bonds. The lowest BCUT2D eigenvalue weighted by Gasteiger charge is -2.27. The van der Waals surface area contributed by atoms with Gasteiger partial charge in [0.25, 0.3) is 5.91 Å². The van der Waals surface area contributed by atoms with E-state index in [9.17, 15) is 23.1 Å². The summed E-state index contributed by atoms with van der Waals surface area (Å²) in [5, 5.41) is 9.31. The fraction of sp³-hybridized carbons (Fsp3) is 0.556. The van der Waals surface area contributed by atoms with Crippen LogP contribution in [0.5, 0.6) is 0 Å². The maximum atomic E-state index is 13.1. The first kappa shape index (κ1) is 19.8. The Hall–Kier alpha value is -1.97. The zero-order chi connectivity index (χ0) is 19.6. The van der Waals surface area contributed by atoms with Gasteiger partial charge in [-0.15, -0.1) is 0 Å². The zero-order valence-corrected chi connectivity index (χ0v) is 16.1. The van der Waals surface area contributed by atoms with Crippen LogP contribution in [0.15, 0.2) is 23.1 Å². The Morgan fingerprint density at radius 1 is 1.22 bits per heavy atom. The van der Waals surface area contributed by atoms with Crippen LogP contribution in [0.4, 0.5) is 0 Å². The average Bonchev–Trinajstić information content (AvgIpc) is 3.17. The van der Waals surface area contributed by atoms with Crippen LogP contribution in [0.2, 0.25) is 0 Å². The maximum absolute atomic E-state index is 13.1. The van der Waals surface area contributed by atoms with E-state index in [-0.39, 0.29) is 23.5 Å². The van der Waals surface area contributed by atoms with E-state index in [1.54, 1.807) is 12.1 Å². The number of benzene rings is 1. The summed E-state index contributed by atoms with van der Waals surface area (Å²) in [7, 11) is -3.75. The molecule has 0 saturated carbocycles. The third-order valence-electron chi connectivity index (χ3n) is 5.08. The molecule has 1 atom stereocenters. The highest BCUT2D eigenvalue weighted by Crippen LogP contribution is 2.26.